The van der Waals surface area contributed by atoms with Gasteiger partial charge in [-0.3, -0.25) is 9.59 Å². The van der Waals surface area contributed by atoms with Crippen LogP contribution in [-0.2, 0) is 16.0 Å². The Labute approximate surface area is 105 Å². The van der Waals surface area contributed by atoms with Gasteiger partial charge in [0.1, 0.15) is 6.54 Å². The molecule has 0 aliphatic carbocycles. The number of carbonyl (C=O) groups is 2. The number of halogens is 1. The number of aliphatic carboxylic acids is 1. The highest BCUT2D eigenvalue weighted by molar-refractivity contribution is 6.31. The second-order valence-electron chi connectivity index (χ2n) is 3.75. The molecule has 0 radical (unpaired) electrons. The SMILES string of the molecule is Cc1ccc(CCC(=O)NCC(=O)O)cc1Cl. The number of nitrogens with one attached hydrogen (secondary N) is 1. The van der Waals surface area contributed by atoms with E-state index in [2.05, 4.69) is 5.32 Å². The van der Waals surface area contributed by atoms with E-state index >= 15 is 0 Å². The van der Waals surface area contributed by atoms with Crippen molar-refractivity contribution in [1.82, 2.24) is 5.32 Å². The van der Waals surface area contributed by atoms with Crippen molar-refractivity contribution in [2.45, 2.75) is 19.8 Å². The standard InChI is InChI=1S/C12H14ClNO3/c1-8-2-3-9(6-10(8)13)4-5-11(15)14-7-12(16)17/h2-3,6H,4-5,7H2,1H3,(H,14,15)(H,16,17). The number of hydrogen-bond acceptors (Lipinski definition) is 2. The van der Waals surface area contributed by atoms with Crippen molar-refractivity contribution in [1.29, 1.82) is 0 Å². The molecule has 1 amide bonds. The van der Waals surface area contributed by atoms with Crippen LogP contribution in [0.3, 0.4) is 0 Å². The Balaban J connectivity index is 2.42. The molecule has 0 aliphatic heterocycles. The molecule has 0 atom stereocenters. The van der Waals surface area contributed by atoms with Crippen LogP contribution in [0.4, 0.5) is 0 Å². The van der Waals surface area contributed by atoms with Crippen molar-refractivity contribution in [2.75, 3.05) is 6.54 Å². The number of rotatable bonds is 5. The van der Waals surface area contributed by atoms with Gasteiger partial charge in [0.2, 0.25) is 5.91 Å². The van der Waals surface area contributed by atoms with Gasteiger partial charge in [0.25, 0.3) is 0 Å². The summed E-state index contributed by atoms with van der Waals surface area (Å²) in [6, 6.07) is 5.62. The summed E-state index contributed by atoms with van der Waals surface area (Å²) in [4.78, 5) is 21.5. The number of amides is 1. The molecule has 4 nitrogen and oxygen atoms in total. The van der Waals surface area contributed by atoms with E-state index in [-0.39, 0.29) is 18.9 Å². The van der Waals surface area contributed by atoms with E-state index in [1.54, 1.807) is 0 Å². The number of carbonyl (C=O) groups excluding carboxylic acids is 1. The molecule has 17 heavy (non-hydrogen) atoms. The zero-order valence-corrected chi connectivity index (χ0v) is 10.3. The van der Waals surface area contributed by atoms with Gasteiger partial charge in [-0.15, -0.1) is 0 Å². The molecule has 0 aliphatic rings. The summed E-state index contributed by atoms with van der Waals surface area (Å²) < 4.78 is 0. The molecule has 0 fully saturated rings. The first-order valence-electron chi connectivity index (χ1n) is 5.22. The molecule has 0 saturated heterocycles. The fourth-order valence-corrected chi connectivity index (χ4v) is 1.52. The lowest BCUT2D eigenvalue weighted by atomic mass is 10.1. The highest BCUT2D eigenvalue weighted by atomic mass is 35.5. The Morgan fingerprint density at radius 2 is 2.12 bits per heavy atom. The first-order chi connectivity index (χ1) is 7.99. The fraction of sp³-hybridized carbons (Fsp3) is 0.333. The largest absolute Gasteiger partial charge is 0.480 e. The molecule has 1 rings (SSSR count). The minimum absolute atomic E-state index is 0.257. The molecule has 0 aromatic heterocycles. The Morgan fingerprint density at radius 1 is 1.41 bits per heavy atom. The van der Waals surface area contributed by atoms with Gasteiger partial charge < -0.3 is 10.4 Å². The van der Waals surface area contributed by atoms with Gasteiger partial charge in [0.15, 0.2) is 0 Å². The highest BCUT2D eigenvalue weighted by Crippen LogP contribution is 2.17. The van der Waals surface area contributed by atoms with E-state index in [1.807, 2.05) is 25.1 Å². The lowest BCUT2D eigenvalue weighted by molar-refractivity contribution is -0.137. The Bertz CT molecular complexity index is 432. The van der Waals surface area contributed by atoms with Crippen LogP contribution in [0.2, 0.25) is 5.02 Å². The van der Waals surface area contributed by atoms with Crippen LogP contribution in [0.5, 0.6) is 0 Å². The molecule has 0 heterocycles. The topological polar surface area (TPSA) is 66.4 Å². The van der Waals surface area contributed by atoms with Crippen molar-refractivity contribution in [3.8, 4) is 0 Å². The third-order valence-electron chi connectivity index (χ3n) is 2.31. The average molecular weight is 256 g/mol. The number of aryl methyl sites for hydroxylation is 2. The molecule has 0 bridgehead atoms. The van der Waals surface area contributed by atoms with E-state index in [0.29, 0.717) is 11.4 Å². The molecular weight excluding hydrogens is 242 g/mol. The van der Waals surface area contributed by atoms with Gasteiger partial charge in [-0.1, -0.05) is 23.7 Å². The molecule has 0 unspecified atom stereocenters. The molecule has 5 heteroatoms. The lowest BCUT2D eigenvalue weighted by Crippen LogP contribution is -2.29. The van der Waals surface area contributed by atoms with Gasteiger partial charge in [0, 0.05) is 11.4 Å². The Kier molecular flexibility index (Phi) is 4.97. The molecule has 1 aromatic carbocycles. The molecular formula is C12H14ClNO3. The van der Waals surface area contributed by atoms with E-state index in [9.17, 15) is 9.59 Å². The Hall–Kier alpha value is -1.55. The summed E-state index contributed by atoms with van der Waals surface area (Å²) in [7, 11) is 0. The summed E-state index contributed by atoms with van der Waals surface area (Å²) in [5.41, 5.74) is 1.96. The van der Waals surface area contributed by atoms with Crippen molar-refractivity contribution < 1.29 is 14.7 Å². The summed E-state index contributed by atoms with van der Waals surface area (Å²) in [5.74, 6) is -1.32. The van der Waals surface area contributed by atoms with Crippen molar-refractivity contribution in [3.05, 3.63) is 34.3 Å². The predicted octanol–water partition coefficient (Wildman–Crippen LogP) is 1.78. The number of carboxylic acid groups (broad SMARTS) is 1. The van der Waals surface area contributed by atoms with E-state index in [1.165, 1.54) is 0 Å². The minimum Gasteiger partial charge on any atom is -0.480 e. The van der Waals surface area contributed by atoms with Crippen molar-refractivity contribution in [3.63, 3.8) is 0 Å². The first kappa shape index (κ1) is 13.5. The summed E-state index contributed by atoms with van der Waals surface area (Å²) in [6.07, 6.45) is 0.804. The zero-order valence-electron chi connectivity index (χ0n) is 9.50. The van der Waals surface area contributed by atoms with Crippen LogP contribution in [0, 0.1) is 6.92 Å². The zero-order chi connectivity index (χ0) is 12.8. The summed E-state index contributed by atoms with van der Waals surface area (Å²) in [5, 5.41) is 11.4. The third kappa shape index (κ3) is 4.87. The van der Waals surface area contributed by atoms with Crippen molar-refractivity contribution >= 4 is 23.5 Å². The summed E-state index contributed by atoms with van der Waals surface area (Å²) >= 11 is 5.95. The third-order valence-corrected chi connectivity index (χ3v) is 2.72. The molecule has 1 aromatic rings. The number of hydrogen-bond donors (Lipinski definition) is 2. The van der Waals surface area contributed by atoms with Crippen LogP contribution >= 0.6 is 11.6 Å². The first-order valence-corrected chi connectivity index (χ1v) is 5.60. The second-order valence-corrected chi connectivity index (χ2v) is 4.16. The summed E-state index contributed by atoms with van der Waals surface area (Å²) in [6.45, 7) is 1.57. The van der Waals surface area contributed by atoms with E-state index in [4.69, 9.17) is 16.7 Å². The van der Waals surface area contributed by atoms with Gasteiger partial charge in [0.05, 0.1) is 0 Å². The number of benzene rings is 1. The van der Waals surface area contributed by atoms with Crippen LogP contribution in [0.15, 0.2) is 18.2 Å². The fourth-order valence-electron chi connectivity index (χ4n) is 1.31. The molecule has 0 spiro atoms. The van der Waals surface area contributed by atoms with Crippen molar-refractivity contribution in [2.24, 2.45) is 0 Å². The number of carboxylic acids is 1. The van der Waals surface area contributed by atoms with Crippen LogP contribution in [0.1, 0.15) is 17.5 Å². The van der Waals surface area contributed by atoms with Gasteiger partial charge in [-0.05, 0) is 30.5 Å². The van der Waals surface area contributed by atoms with Crippen LogP contribution < -0.4 is 5.32 Å². The van der Waals surface area contributed by atoms with Gasteiger partial charge in [-0.25, -0.2) is 0 Å². The second kappa shape index (κ2) is 6.25. The highest BCUT2D eigenvalue weighted by Gasteiger charge is 2.05. The quantitative estimate of drug-likeness (QED) is 0.843. The maximum atomic E-state index is 11.3. The lowest BCUT2D eigenvalue weighted by Gasteiger charge is -2.04. The van der Waals surface area contributed by atoms with Crippen LogP contribution in [0.25, 0.3) is 0 Å². The minimum atomic E-state index is -1.04. The normalized spacial score (nSPS) is 10.0. The molecule has 0 saturated carbocycles. The molecule has 92 valence electrons. The maximum Gasteiger partial charge on any atom is 0.322 e. The van der Waals surface area contributed by atoms with E-state index < -0.39 is 5.97 Å². The smallest absolute Gasteiger partial charge is 0.322 e. The Morgan fingerprint density at radius 3 is 2.71 bits per heavy atom. The monoisotopic (exact) mass is 255 g/mol. The van der Waals surface area contributed by atoms with Crippen LogP contribution in [-0.4, -0.2) is 23.5 Å². The molecule has 2 N–H and O–H groups in total. The van der Waals surface area contributed by atoms with Gasteiger partial charge >= 0.3 is 5.97 Å². The van der Waals surface area contributed by atoms with Gasteiger partial charge in [-0.2, -0.15) is 0 Å². The predicted molar refractivity (Wildman–Crippen MR) is 65.2 cm³/mol. The average Bonchev–Trinajstić information content (AvgIpc) is 2.28. The van der Waals surface area contributed by atoms with E-state index in [0.717, 1.165) is 11.1 Å². The maximum absolute atomic E-state index is 11.3.